The smallest absolute Gasteiger partial charge is 0.323 e. The van der Waals surface area contributed by atoms with E-state index in [0.717, 1.165) is 5.39 Å². The molecular formula is C9H8Cl2N2O2. The van der Waals surface area contributed by atoms with E-state index in [4.69, 9.17) is 16.7 Å². The van der Waals surface area contributed by atoms with Crippen molar-refractivity contribution in [1.82, 2.24) is 9.55 Å². The number of carbonyl (C=O) groups is 1. The second kappa shape index (κ2) is 4.51. The van der Waals surface area contributed by atoms with Gasteiger partial charge in [-0.3, -0.25) is 4.79 Å². The fraction of sp³-hybridized carbons (Fsp3) is 0.111. The Morgan fingerprint density at radius 1 is 1.47 bits per heavy atom. The molecule has 0 radical (unpaired) electrons. The highest BCUT2D eigenvalue weighted by Gasteiger charge is 2.05. The molecule has 0 unspecified atom stereocenters. The molecule has 0 saturated heterocycles. The summed E-state index contributed by atoms with van der Waals surface area (Å²) in [5.74, 6) is -0.899. The zero-order valence-electron chi connectivity index (χ0n) is 7.55. The van der Waals surface area contributed by atoms with Crippen molar-refractivity contribution in [3.63, 3.8) is 0 Å². The molecule has 0 fully saturated rings. The molecule has 2 aromatic heterocycles. The number of fused-ring (bicyclic) bond motifs is 1. The molecule has 6 heteroatoms. The molecule has 15 heavy (non-hydrogen) atoms. The summed E-state index contributed by atoms with van der Waals surface area (Å²) in [6.45, 7) is -0.100. The van der Waals surface area contributed by atoms with Crippen LogP contribution in [-0.4, -0.2) is 20.6 Å². The summed E-state index contributed by atoms with van der Waals surface area (Å²) in [4.78, 5) is 14.6. The molecule has 4 nitrogen and oxygen atoms in total. The molecule has 0 atom stereocenters. The van der Waals surface area contributed by atoms with Crippen LogP contribution in [0.15, 0.2) is 24.4 Å². The molecule has 0 aliphatic carbocycles. The molecule has 2 aromatic rings. The fourth-order valence-corrected chi connectivity index (χ4v) is 1.45. The Kier molecular flexibility index (Phi) is 3.55. The van der Waals surface area contributed by atoms with Crippen molar-refractivity contribution in [3.05, 3.63) is 29.5 Å². The Bertz CT molecular complexity index is 496. The first-order chi connectivity index (χ1) is 6.66. The summed E-state index contributed by atoms with van der Waals surface area (Å²) in [6, 6.07) is 5.29. The molecule has 0 aliphatic heterocycles. The number of pyridine rings is 1. The lowest BCUT2D eigenvalue weighted by atomic mass is 10.3. The first-order valence-electron chi connectivity index (χ1n) is 4.00. The lowest BCUT2D eigenvalue weighted by Gasteiger charge is -1.99. The van der Waals surface area contributed by atoms with Gasteiger partial charge in [-0.05, 0) is 18.2 Å². The predicted octanol–water partition coefficient (Wildman–Crippen LogP) is 2.20. The number of rotatable bonds is 2. The number of nitrogens with zero attached hydrogens (tertiary/aromatic N) is 2. The van der Waals surface area contributed by atoms with Crippen molar-refractivity contribution in [2.24, 2.45) is 0 Å². The zero-order valence-corrected chi connectivity index (χ0v) is 9.13. The Morgan fingerprint density at radius 3 is 2.87 bits per heavy atom. The molecule has 2 heterocycles. The van der Waals surface area contributed by atoms with Crippen LogP contribution in [0.25, 0.3) is 11.0 Å². The summed E-state index contributed by atoms with van der Waals surface area (Å²) in [5, 5.41) is 9.88. The lowest BCUT2D eigenvalue weighted by Crippen LogP contribution is -2.07. The predicted molar refractivity (Wildman–Crippen MR) is 59.6 cm³/mol. The molecule has 0 saturated carbocycles. The van der Waals surface area contributed by atoms with Gasteiger partial charge in [-0.2, -0.15) is 0 Å². The topological polar surface area (TPSA) is 55.1 Å². The van der Waals surface area contributed by atoms with Gasteiger partial charge in [0.15, 0.2) is 0 Å². The van der Waals surface area contributed by atoms with E-state index in [-0.39, 0.29) is 19.0 Å². The van der Waals surface area contributed by atoms with Crippen LogP contribution in [0, 0.1) is 0 Å². The maximum absolute atomic E-state index is 10.5. The summed E-state index contributed by atoms with van der Waals surface area (Å²) in [5.41, 5.74) is 0.597. The standard InChI is InChI=1S/C9H7ClN2O2.ClH/c10-7-2-1-6-3-4-12(5-8(13)14)9(6)11-7;/h1-4H,5H2,(H,13,14);1H. The third-order valence-corrected chi connectivity index (χ3v) is 2.09. The minimum absolute atomic E-state index is 0. The number of aliphatic carboxylic acids is 1. The van der Waals surface area contributed by atoms with Gasteiger partial charge in [-0.25, -0.2) is 4.98 Å². The van der Waals surface area contributed by atoms with E-state index in [9.17, 15) is 4.79 Å². The highest BCUT2D eigenvalue weighted by atomic mass is 35.5. The number of carboxylic acids is 1. The quantitative estimate of drug-likeness (QED) is 0.827. The monoisotopic (exact) mass is 246 g/mol. The van der Waals surface area contributed by atoms with E-state index in [2.05, 4.69) is 4.98 Å². The summed E-state index contributed by atoms with van der Waals surface area (Å²) < 4.78 is 1.55. The number of carboxylic acid groups (broad SMARTS) is 1. The molecule has 80 valence electrons. The van der Waals surface area contributed by atoms with Gasteiger partial charge in [0.1, 0.15) is 17.3 Å². The lowest BCUT2D eigenvalue weighted by molar-refractivity contribution is -0.137. The SMILES string of the molecule is Cl.O=C(O)Cn1ccc2ccc(Cl)nc21. The first-order valence-corrected chi connectivity index (χ1v) is 4.38. The van der Waals surface area contributed by atoms with Crippen LogP contribution < -0.4 is 0 Å². The van der Waals surface area contributed by atoms with E-state index in [1.807, 2.05) is 12.1 Å². The number of hydrogen-bond acceptors (Lipinski definition) is 2. The van der Waals surface area contributed by atoms with Gasteiger partial charge in [0.25, 0.3) is 0 Å². The highest BCUT2D eigenvalue weighted by molar-refractivity contribution is 6.29. The van der Waals surface area contributed by atoms with Crippen molar-refractivity contribution in [2.75, 3.05) is 0 Å². The van der Waals surface area contributed by atoms with E-state index in [1.54, 1.807) is 16.8 Å². The van der Waals surface area contributed by atoms with Crippen LogP contribution in [0.4, 0.5) is 0 Å². The highest BCUT2D eigenvalue weighted by Crippen LogP contribution is 2.16. The van der Waals surface area contributed by atoms with Gasteiger partial charge in [-0.1, -0.05) is 11.6 Å². The minimum atomic E-state index is -0.899. The Labute approximate surface area is 96.9 Å². The average molecular weight is 247 g/mol. The maximum Gasteiger partial charge on any atom is 0.323 e. The molecule has 2 rings (SSSR count). The Hall–Kier alpha value is -1.26. The molecule has 0 aromatic carbocycles. The second-order valence-corrected chi connectivity index (χ2v) is 3.27. The average Bonchev–Trinajstić information content (AvgIpc) is 2.47. The maximum atomic E-state index is 10.5. The van der Waals surface area contributed by atoms with Crippen LogP contribution in [-0.2, 0) is 11.3 Å². The summed E-state index contributed by atoms with van der Waals surface area (Å²) in [7, 11) is 0. The zero-order chi connectivity index (χ0) is 10.1. The molecule has 0 spiro atoms. The number of aromatic nitrogens is 2. The molecule has 0 aliphatic rings. The van der Waals surface area contributed by atoms with Crippen LogP contribution in [0.2, 0.25) is 5.15 Å². The van der Waals surface area contributed by atoms with Crippen LogP contribution in [0.1, 0.15) is 0 Å². The molecular weight excluding hydrogens is 239 g/mol. The number of hydrogen-bond donors (Lipinski definition) is 1. The van der Waals surface area contributed by atoms with E-state index in [1.165, 1.54) is 0 Å². The normalized spacial score (nSPS) is 9.93. The molecule has 0 amide bonds. The van der Waals surface area contributed by atoms with Gasteiger partial charge in [0.2, 0.25) is 0 Å². The van der Waals surface area contributed by atoms with Gasteiger partial charge >= 0.3 is 5.97 Å². The Balaban J connectivity index is 0.00000112. The van der Waals surface area contributed by atoms with E-state index >= 15 is 0 Å². The van der Waals surface area contributed by atoms with Gasteiger partial charge in [-0.15, -0.1) is 12.4 Å². The van der Waals surface area contributed by atoms with E-state index < -0.39 is 5.97 Å². The third kappa shape index (κ3) is 2.40. The van der Waals surface area contributed by atoms with Crippen LogP contribution >= 0.6 is 24.0 Å². The van der Waals surface area contributed by atoms with Crippen molar-refractivity contribution >= 4 is 41.0 Å². The van der Waals surface area contributed by atoms with Crippen molar-refractivity contribution in [2.45, 2.75) is 6.54 Å². The molecule has 1 N–H and O–H groups in total. The first kappa shape index (κ1) is 11.8. The largest absolute Gasteiger partial charge is 0.480 e. The summed E-state index contributed by atoms with van der Waals surface area (Å²) >= 11 is 5.71. The van der Waals surface area contributed by atoms with Gasteiger partial charge < -0.3 is 9.67 Å². The second-order valence-electron chi connectivity index (χ2n) is 2.88. The van der Waals surface area contributed by atoms with E-state index in [0.29, 0.717) is 10.8 Å². The summed E-state index contributed by atoms with van der Waals surface area (Å²) in [6.07, 6.45) is 1.68. The van der Waals surface area contributed by atoms with Crippen LogP contribution in [0.3, 0.4) is 0 Å². The van der Waals surface area contributed by atoms with Crippen molar-refractivity contribution in [1.29, 1.82) is 0 Å². The van der Waals surface area contributed by atoms with Crippen molar-refractivity contribution in [3.8, 4) is 0 Å². The minimum Gasteiger partial charge on any atom is -0.480 e. The van der Waals surface area contributed by atoms with Crippen molar-refractivity contribution < 1.29 is 9.90 Å². The van der Waals surface area contributed by atoms with Gasteiger partial charge in [0, 0.05) is 11.6 Å². The fourth-order valence-electron chi connectivity index (χ4n) is 1.31. The molecule has 0 bridgehead atoms. The van der Waals surface area contributed by atoms with Gasteiger partial charge in [0.05, 0.1) is 0 Å². The number of halogens is 2. The Morgan fingerprint density at radius 2 is 2.20 bits per heavy atom. The third-order valence-electron chi connectivity index (χ3n) is 1.88. The van der Waals surface area contributed by atoms with Crippen LogP contribution in [0.5, 0.6) is 0 Å².